The van der Waals surface area contributed by atoms with E-state index < -0.39 is 5.97 Å². The smallest absolute Gasteiger partial charge is 0.309 e. The largest absolute Gasteiger partial charge is 0.481 e. The topological polar surface area (TPSA) is 88.5 Å². The van der Waals surface area contributed by atoms with Gasteiger partial charge in [0.25, 0.3) is 0 Å². The van der Waals surface area contributed by atoms with Crippen molar-refractivity contribution in [3.05, 3.63) is 11.1 Å². The van der Waals surface area contributed by atoms with Crippen LogP contribution in [0.1, 0.15) is 19.0 Å². The van der Waals surface area contributed by atoms with Gasteiger partial charge in [-0.25, -0.2) is 4.98 Å². The summed E-state index contributed by atoms with van der Waals surface area (Å²) in [4.78, 5) is 26.5. The Labute approximate surface area is 108 Å². The summed E-state index contributed by atoms with van der Waals surface area (Å²) in [7, 11) is 0. The molecule has 1 fully saturated rings. The summed E-state index contributed by atoms with van der Waals surface area (Å²) in [5, 5.41) is 13.4. The van der Waals surface area contributed by atoms with E-state index >= 15 is 0 Å². The normalized spacial score (nSPS) is 22.9. The van der Waals surface area contributed by atoms with Gasteiger partial charge in [0, 0.05) is 12.0 Å². The molecule has 0 saturated carbocycles. The molecule has 2 rings (SSSR count). The first kappa shape index (κ1) is 13.0. The average Bonchev–Trinajstić information content (AvgIpc) is 2.87. The van der Waals surface area contributed by atoms with Crippen LogP contribution in [-0.2, 0) is 20.7 Å². The third kappa shape index (κ3) is 3.05. The lowest BCUT2D eigenvalue weighted by Crippen LogP contribution is -2.27. The minimum absolute atomic E-state index is 0.0801. The Morgan fingerprint density at radius 1 is 1.67 bits per heavy atom. The molecule has 0 radical (unpaired) electrons. The number of nitrogens with one attached hydrogen (secondary N) is 1. The number of aromatic nitrogens is 1. The van der Waals surface area contributed by atoms with E-state index in [4.69, 9.17) is 9.84 Å². The van der Waals surface area contributed by atoms with Gasteiger partial charge >= 0.3 is 5.97 Å². The fourth-order valence-electron chi connectivity index (χ4n) is 1.87. The number of anilines is 1. The zero-order valence-electron chi connectivity index (χ0n) is 9.88. The van der Waals surface area contributed by atoms with E-state index in [2.05, 4.69) is 10.3 Å². The van der Waals surface area contributed by atoms with E-state index in [9.17, 15) is 9.59 Å². The number of aliphatic carboxylic acids is 1. The highest BCUT2D eigenvalue weighted by Crippen LogP contribution is 2.23. The minimum Gasteiger partial charge on any atom is -0.481 e. The Balaban J connectivity index is 1.94. The number of nitrogens with zero attached hydrogens (tertiary/aromatic N) is 1. The summed E-state index contributed by atoms with van der Waals surface area (Å²) in [6.45, 7) is 2.47. The molecule has 1 aromatic rings. The molecular weight excluding hydrogens is 256 g/mol. The maximum Gasteiger partial charge on any atom is 0.309 e. The van der Waals surface area contributed by atoms with Crippen molar-refractivity contribution in [1.82, 2.24) is 4.98 Å². The van der Waals surface area contributed by atoms with E-state index in [1.807, 2.05) is 6.92 Å². The van der Waals surface area contributed by atoms with Crippen LogP contribution in [0, 0.1) is 5.92 Å². The highest BCUT2D eigenvalue weighted by Gasteiger charge is 2.31. The van der Waals surface area contributed by atoms with Crippen LogP contribution < -0.4 is 5.32 Å². The van der Waals surface area contributed by atoms with Crippen LogP contribution in [0.3, 0.4) is 0 Å². The van der Waals surface area contributed by atoms with Gasteiger partial charge in [-0.05, 0) is 13.3 Å². The van der Waals surface area contributed by atoms with Gasteiger partial charge in [-0.15, -0.1) is 11.3 Å². The van der Waals surface area contributed by atoms with Crippen molar-refractivity contribution in [2.24, 2.45) is 5.92 Å². The minimum atomic E-state index is -0.934. The second-order valence-corrected chi connectivity index (χ2v) is 5.03. The Bertz CT molecular complexity index is 460. The molecule has 0 bridgehead atoms. The molecule has 98 valence electrons. The summed E-state index contributed by atoms with van der Waals surface area (Å²) >= 11 is 1.23. The Kier molecular flexibility index (Phi) is 3.93. The SMILES string of the molecule is CC1OCCC1C(=O)Nc1nc(CC(=O)O)cs1. The maximum atomic E-state index is 11.9. The van der Waals surface area contributed by atoms with E-state index in [0.717, 1.165) is 0 Å². The lowest BCUT2D eigenvalue weighted by molar-refractivity contribution is -0.136. The predicted octanol–water partition coefficient (Wildman–Crippen LogP) is 1.13. The van der Waals surface area contributed by atoms with Gasteiger partial charge in [0.2, 0.25) is 5.91 Å². The molecular formula is C11H14N2O4S. The average molecular weight is 270 g/mol. The van der Waals surface area contributed by atoms with Crippen LogP contribution >= 0.6 is 11.3 Å². The second-order valence-electron chi connectivity index (χ2n) is 4.17. The summed E-state index contributed by atoms with van der Waals surface area (Å²) < 4.78 is 5.33. The molecule has 2 atom stereocenters. The molecule has 1 aliphatic heterocycles. The summed E-state index contributed by atoms with van der Waals surface area (Å²) in [5.41, 5.74) is 0.457. The first-order valence-corrected chi connectivity index (χ1v) is 6.53. The molecule has 2 N–H and O–H groups in total. The van der Waals surface area contributed by atoms with Crippen LogP contribution in [-0.4, -0.2) is 34.7 Å². The molecule has 1 amide bonds. The summed E-state index contributed by atoms with van der Waals surface area (Å²) in [5.74, 6) is -1.20. The number of amides is 1. The third-order valence-electron chi connectivity index (χ3n) is 2.83. The van der Waals surface area contributed by atoms with E-state index in [1.165, 1.54) is 11.3 Å². The summed E-state index contributed by atoms with van der Waals surface area (Å²) in [6, 6.07) is 0. The molecule has 2 unspecified atom stereocenters. The van der Waals surface area contributed by atoms with Crippen LogP contribution in [0.5, 0.6) is 0 Å². The number of hydrogen-bond donors (Lipinski definition) is 2. The molecule has 7 heteroatoms. The zero-order valence-corrected chi connectivity index (χ0v) is 10.7. The van der Waals surface area contributed by atoms with Crippen LogP contribution in [0.15, 0.2) is 5.38 Å². The molecule has 1 saturated heterocycles. The second kappa shape index (κ2) is 5.45. The molecule has 0 aromatic carbocycles. The van der Waals surface area contributed by atoms with E-state index in [1.54, 1.807) is 5.38 Å². The molecule has 2 heterocycles. The van der Waals surface area contributed by atoms with Gasteiger partial charge < -0.3 is 15.2 Å². The van der Waals surface area contributed by atoms with E-state index in [-0.39, 0.29) is 24.3 Å². The Morgan fingerprint density at radius 2 is 2.44 bits per heavy atom. The van der Waals surface area contributed by atoms with Gasteiger partial charge in [0.05, 0.1) is 24.1 Å². The highest BCUT2D eigenvalue weighted by molar-refractivity contribution is 7.13. The zero-order chi connectivity index (χ0) is 13.1. The van der Waals surface area contributed by atoms with Crippen molar-refractivity contribution in [2.75, 3.05) is 11.9 Å². The first-order valence-electron chi connectivity index (χ1n) is 5.65. The number of carbonyl (C=O) groups excluding carboxylic acids is 1. The fourth-order valence-corrected chi connectivity index (χ4v) is 2.59. The number of hydrogen-bond acceptors (Lipinski definition) is 5. The van der Waals surface area contributed by atoms with Crippen molar-refractivity contribution < 1.29 is 19.4 Å². The molecule has 1 aliphatic rings. The summed E-state index contributed by atoms with van der Waals surface area (Å²) in [6.07, 6.45) is 0.499. The van der Waals surface area contributed by atoms with Crippen molar-refractivity contribution in [3.63, 3.8) is 0 Å². The number of thiazole rings is 1. The number of ether oxygens (including phenoxy) is 1. The van der Waals surface area contributed by atoms with E-state index in [0.29, 0.717) is 23.9 Å². The maximum absolute atomic E-state index is 11.9. The van der Waals surface area contributed by atoms with Crippen LogP contribution in [0.25, 0.3) is 0 Å². The standard InChI is InChI=1S/C11H14N2O4S/c1-6-8(2-3-17-6)10(16)13-11-12-7(5-18-11)4-9(14)15/h5-6,8H,2-4H2,1H3,(H,14,15)(H,12,13,16). The van der Waals surface area contributed by atoms with Crippen molar-refractivity contribution in [2.45, 2.75) is 25.9 Å². The van der Waals surface area contributed by atoms with Gasteiger partial charge in [0.15, 0.2) is 5.13 Å². The molecule has 0 spiro atoms. The Hall–Kier alpha value is -1.47. The van der Waals surface area contributed by atoms with Gasteiger partial charge in [-0.3, -0.25) is 9.59 Å². The molecule has 1 aromatic heterocycles. The monoisotopic (exact) mass is 270 g/mol. The van der Waals surface area contributed by atoms with Crippen molar-refractivity contribution in [3.8, 4) is 0 Å². The fraction of sp³-hybridized carbons (Fsp3) is 0.545. The van der Waals surface area contributed by atoms with Gasteiger partial charge in [0.1, 0.15) is 0 Å². The van der Waals surface area contributed by atoms with Gasteiger partial charge in [-0.1, -0.05) is 0 Å². The quantitative estimate of drug-likeness (QED) is 0.856. The molecule has 18 heavy (non-hydrogen) atoms. The van der Waals surface area contributed by atoms with Gasteiger partial charge in [-0.2, -0.15) is 0 Å². The number of carbonyl (C=O) groups is 2. The number of carboxylic acids is 1. The predicted molar refractivity (Wildman–Crippen MR) is 65.6 cm³/mol. The lowest BCUT2D eigenvalue weighted by atomic mass is 10.0. The van der Waals surface area contributed by atoms with Crippen LogP contribution in [0.4, 0.5) is 5.13 Å². The number of carboxylic acid groups (broad SMARTS) is 1. The van der Waals surface area contributed by atoms with Crippen molar-refractivity contribution in [1.29, 1.82) is 0 Å². The lowest BCUT2D eigenvalue weighted by Gasteiger charge is -2.12. The number of rotatable bonds is 4. The Morgan fingerprint density at radius 3 is 3.06 bits per heavy atom. The molecule has 0 aliphatic carbocycles. The highest BCUT2D eigenvalue weighted by atomic mass is 32.1. The van der Waals surface area contributed by atoms with Crippen molar-refractivity contribution >= 4 is 28.3 Å². The third-order valence-corrected chi connectivity index (χ3v) is 3.63. The van der Waals surface area contributed by atoms with Crippen LogP contribution in [0.2, 0.25) is 0 Å². The first-order chi connectivity index (χ1) is 8.56. The molecule has 6 nitrogen and oxygen atoms in total.